The Bertz CT molecular complexity index is 1200. The average Bonchev–Trinajstić information content (AvgIpc) is 3.32. The minimum Gasteiger partial charge on any atom is -0.478 e. The van der Waals surface area contributed by atoms with Crippen LogP contribution in [0.4, 0.5) is 0 Å². The topological polar surface area (TPSA) is 96.2 Å². The van der Waals surface area contributed by atoms with Gasteiger partial charge in [0.15, 0.2) is 5.65 Å². The zero-order valence-corrected chi connectivity index (χ0v) is 17.1. The first-order valence-corrected chi connectivity index (χ1v) is 9.69. The third-order valence-electron chi connectivity index (χ3n) is 5.92. The Morgan fingerprint density at radius 1 is 1.14 bits per heavy atom. The second-order valence-corrected chi connectivity index (χ2v) is 8.87. The summed E-state index contributed by atoms with van der Waals surface area (Å²) in [5.74, 6) is -0.939. The van der Waals surface area contributed by atoms with Crippen LogP contribution in [0.15, 0.2) is 42.9 Å². The Kier molecular flexibility index (Phi) is 4.41. The number of fused-ring (bicyclic) bond motifs is 2. The number of benzene rings is 1. The molecule has 150 valence electrons. The van der Waals surface area contributed by atoms with Gasteiger partial charge in [-0.2, -0.15) is 10.2 Å². The predicted molar refractivity (Wildman–Crippen MR) is 111 cm³/mol. The highest BCUT2D eigenvalue weighted by molar-refractivity contribution is 6.02. The molecule has 2 N–H and O–H groups in total. The van der Waals surface area contributed by atoms with Gasteiger partial charge < -0.3 is 5.11 Å². The molecule has 0 atom stereocenters. The summed E-state index contributed by atoms with van der Waals surface area (Å²) >= 11 is 0. The second kappa shape index (κ2) is 6.69. The summed E-state index contributed by atoms with van der Waals surface area (Å²) in [5.41, 5.74) is 3.57. The maximum absolute atomic E-state index is 11.7. The zero-order chi connectivity index (χ0) is 20.8. The molecule has 3 aromatic heterocycles. The van der Waals surface area contributed by atoms with Gasteiger partial charge in [0.1, 0.15) is 0 Å². The molecular formula is C22H25N5O2. The Labute approximate surface area is 168 Å². The van der Waals surface area contributed by atoms with Crippen molar-refractivity contribution < 1.29 is 9.90 Å². The van der Waals surface area contributed by atoms with E-state index in [1.165, 1.54) is 0 Å². The highest BCUT2D eigenvalue weighted by atomic mass is 16.4. The number of nitrogens with zero attached hydrogens (tertiary/aromatic N) is 4. The third-order valence-corrected chi connectivity index (χ3v) is 5.92. The maximum atomic E-state index is 11.7. The molecule has 3 heterocycles. The van der Waals surface area contributed by atoms with E-state index in [-0.39, 0.29) is 16.4 Å². The fraction of sp³-hybridized carbons (Fsp3) is 0.364. The Morgan fingerprint density at radius 3 is 2.66 bits per heavy atom. The number of hydrogen-bond acceptors (Lipinski definition) is 4. The van der Waals surface area contributed by atoms with Crippen LogP contribution in [0, 0.1) is 0 Å². The quantitative estimate of drug-likeness (QED) is 0.510. The largest absolute Gasteiger partial charge is 0.478 e. The van der Waals surface area contributed by atoms with E-state index in [1.54, 1.807) is 18.5 Å². The summed E-state index contributed by atoms with van der Waals surface area (Å²) in [5, 5.41) is 21.6. The Hall–Kier alpha value is -3.22. The number of H-pyrrole nitrogens is 1. The second-order valence-electron chi connectivity index (χ2n) is 8.87. The maximum Gasteiger partial charge on any atom is 0.336 e. The van der Waals surface area contributed by atoms with Crippen LogP contribution >= 0.6 is 0 Å². The predicted octanol–water partition coefficient (Wildman–Crippen LogP) is 4.34. The van der Waals surface area contributed by atoms with E-state index in [1.807, 2.05) is 28.9 Å². The van der Waals surface area contributed by atoms with Crippen molar-refractivity contribution in [1.29, 1.82) is 0 Å². The molecule has 0 fully saturated rings. The summed E-state index contributed by atoms with van der Waals surface area (Å²) in [6.45, 7) is 8.70. The normalized spacial score (nSPS) is 12.7. The average molecular weight is 391 g/mol. The smallest absolute Gasteiger partial charge is 0.336 e. The van der Waals surface area contributed by atoms with Crippen molar-refractivity contribution in [2.45, 2.75) is 51.4 Å². The molecule has 7 nitrogen and oxygen atoms in total. The van der Waals surface area contributed by atoms with Crippen LogP contribution in [0.1, 0.15) is 62.2 Å². The molecule has 0 bridgehead atoms. The van der Waals surface area contributed by atoms with Crippen LogP contribution < -0.4 is 0 Å². The minimum absolute atomic E-state index is 0.140. The first-order chi connectivity index (χ1) is 13.7. The molecule has 0 radical (unpaired) electrons. The lowest BCUT2D eigenvalue weighted by Gasteiger charge is -2.31. The molecule has 1 aromatic carbocycles. The summed E-state index contributed by atoms with van der Waals surface area (Å²) in [7, 11) is 0. The van der Waals surface area contributed by atoms with Crippen LogP contribution in [0.2, 0.25) is 0 Å². The van der Waals surface area contributed by atoms with Gasteiger partial charge in [0.25, 0.3) is 0 Å². The molecule has 4 aromatic rings. The van der Waals surface area contributed by atoms with E-state index >= 15 is 0 Å². The molecule has 0 aliphatic carbocycles. The molecule has 0 aliphatic rings. The summed E-state index contributed by atoms with van der Waals surface area (Å²) in [6.07, 6.45) is 7.00. The Morgan fingerprint density at radius 2 is 1.90 bits per heavy atom. The van der Waals surface area contributed by atoms with E-state index in [2.05, 4.69) is 48.0 Å². The van der Waals surface area contributed by atoms with Crippen LogP contribution in [0.5, 0.6) is 0 Å². The van der Waals surface area contributed by atoms with Crippen molar-refractivity contribution in [3.63, 3.8) is 0 Å². The molecule has 7 heteroatoms. The minimum atomic E-state index is -0.939. The van der Waals surface area contributed by atoms with Gasteiger partial charge in [0, 0.05) is 17.0 Å². The van der Waals surface area contributed by atoms with E-state index < -0.39 is 5.97 Å². The summed E-state index contributed by atoms with van der Waals surface area (Å²) in [4.78, 5) is 16.2. The van der Waals surface area contributed by atoms with Crippen molar-refractivity contribution in [2.75, 3.05) is 0 Å². The van der Waals surface area contributed by atoms with Crippen molar-refractivity contribution in [2.24, 2.45) is 0 Å². The molecule has 29 heavy (non-hydrogen) atoms. The number of nitrogens with one attached hydrogen (secondary N) is 1. The number of aromatic nitrogens is 5. The number of hydrogen-bond donors (Lipinski definition) is 2. The van der Waals surface area contributed by atoms with Crippen molar-refractivity contribution in [3.05, 3.63) is 59.7 Å². The zero-order valence-electron chi connectivity index (χ0n) is 17.1. The fourth-order valence-corrected chi connectivity index (χ4v) is 3.81. The fourth-order valence-electron chi connectivity index (χ4n) is 3.81. The lowest BCUT2D eigenvalue weighted by Crippen LogP contribution is -2.26. The van der Waals surface area contributed by atoms with Crippen molar-refractivity contribution >= 4 is 22.5 Å². The molecule has 0 amide bonds. The first kappa shape index (κ1) is 19.1. The lowest BCUT2D eigenvalue weighted by atomic mass is 9.74. The van der Waals surface area contributed by atoms with Gasteiger partial charge in [0.05, 0.1) is 29.2 Å². The molecule has 0 saturated carbocycles. The number of imidazole rings is 1. The van der Waals surface area contributed by atoms with E-state index in [9.17, 15) is 9.90 Å². The van der Waals surface area contributed by atoms with E-state index in [4.69, 9.17) is 0 Å². The lowest BCUT2D eigenvalue weighted by molar-refractivity contribution is 0.0699. The number of aromatic carboxylic acids is 1. The summed E-state index contributed by atoms with van der Waals surface area (Å²) < 4.78 is 1.90. The highest BCUT2D eigenvalue weighted by Gasteiger charge is 2.30. The molecular weight excluding hydrogens is 366 g/mol. The molecule has 0 unspecified atom stereocenters. The van der Waals surface area contributed by atoms with Crippen LogP contribution in [-0.4, -0.2) is 35.9 Å². The van der Waals surface area contributed by atoms with Gasteiger partial charge in [-0.05, 0) is 48.1 Å². The summed E-state index contributed by atoms with van der Waals surface area (Å²) in [6, 6.07) is 7.62. The number of carboxylic acid groups (broad SMARTS) is 1. The molecule has 0 aliphatic heterocycles. The van der Waals surface area contributed by atoms with Gasteiger partial charge in [0.2, 0.25) is 0 Å². The van der Waals surface area contributed by atoms with Crippen molar-refractivity contribution in [1.82, 2.24) is 24.8 Å². The standard InChI is InChI=1S/C22H25N5O2/c1-21(2,14-10-15(20(28)29)16-12-24-26-17(16)11-14)7-8-22(3,4)18-13-23-19-6-5-9-25-27(18)19/h5-6,9-13H,7-8H2,1-4H3,(H,24,26)(H,28,29). The molecule has 0 saturated heterocycles. The van der Waals surface area contributed by atoms with E-state index in [0.717, 1.165) is 35.3 Å². The van der Waals surface area contributed by atoms with Crippen molar-refractivity contribution in [3.8, 4) is 0 Å². The molecule has 0 spiro atoms. The van der Waals surface area contributed by atoms with Gasteiger partial charge >= 0.3 is 5.97 Å². The van der Waals surface area contributed by atoms with Crippen LogP contribution in [-0.2, 0) is 10.8 Å². The molecule has 4 rings (SSSR count). The Balaban J connectivity index is 1.63. The number of aromatic amines is 1. The van der Waals surface area contributed by atoms with Gasteiger partial charge in [-0.1, -0.05) is 27.7 Å². The van der Waals surface area contributed by atoms with Gasteiger partial charge in [-0.15, -0.1) is 0 Å². The van der Waals surface area contributed by atoms with E-state index in [0.29, 0.717) is 5.39 Å². The van der Waals surface area contributed by atoms with Crippen LogP contribution in [0.3, 0.4) is 0 Å². The SMILES string of the molecule is CC(C)(CCC(C)(C)c1cnc2cccnn12)c1cc(C(=O)O)c2cn[nH]c2c1. The monoisotopic (exact) mass is 391 g/mol. The number of rotatable bonds is 6. The number of carbonyl (C=O) groups is 1. The third kappa shape index (κ3) is 3.37. The highest BCUT2D eigenvalue weighted by Crippen LogP contribution is 2.37. The first-order valence-electron chi connectivity index (χ1n) is 9.69. The van der Waals surface area contributed by atoms with Crippen LogP contribution in [0.25, 0.3) is 16.6 Å². The van der Waals surface area contributed by atoms with Gasteiger partial charge in [-0.3, -0.25) is 5.10 Å². The number of carboxylic acids is 1. The van der Waals surface area contributed by atoms with Gasteiger partial charge in [-0.25, -0.2) is 14.3 Å².